The third kappa shape index (κ3) is 3.25. The Morgan fingerprint density at radius 1 is 0.380 bits per heavy atom. The van der Waals surface area contributed by atoms with E-state index in [9.17, 15) is 0 Å². The fourth-order valence-electron chi connectivity index (χ4n) is 8.76. The van der Waals surface area contributed by atoms with Gasteiger partial charge in [0.1, 0.15) is 0 Å². The molecule has 0 atom stereocenters. The third-order valence-electron chi connectivity index (χ3n) is 10.8. The Bertz CT molecular complexity index is 3370. The van der Waals surface area contributed by atoms with Gasteiger partial charge in [-0.05, 0) is 40.4 Å². The first-order valence-electron chi connectivity index (χ1n) is 17.1. The molecule has 0 spiro atoms. The highest BCUT2D eigenvalue weighted by Crippen LogP contribution is 2.46. The van der Waals surface area contributed by atoms with E-state index in [4.69, 9.17) is 9.97 Å². The lowest BCUT2D eigenvalue weighted by Gasteiger charge is -2.14. The molecule has 230 valence electrons. The molecule has 0 unspecified atom stereocenters. The summed E-state index contributed by atoms with van der Waals surface area (Å²) in [6.07, 6.45) is 0. The largest absolute Gasteiger partial charge is 0.307 e. The Kier molecular flexibility index (Phi) is 4.94. The van der Waals surface area contributed by atoms with Crippen LogP contribution in [0.25, 0.3) is 110 Å². The van der Waals surface area contributed by atoms with E-state index < -0.39 is 0 Å². The van der Waals surface area contributed by atoms with E-state index in [1.807, 2.05) is 0 Å². The van der Waals surface area contributed by atoms with Crippen molar-refractivity contribution in [2.45, 2.75) is 0 Å². The third-order valence-corrected chi connectivity index (χ3v) is 10.8. The van der Waals surface area contributed by atoms with Crippen LogP contribution < -0.4 is 0 Å². The molecular formula is C46H26N4. The normalized spacial score (nSPS) is 12.4. The summed E-state index contributed by atoms with van der Waals surface area (Å²) in [6, 6.07) is 56.9. The number of nitrogens with zero attached hydrogens (tertiary/aromatic N) is 4. The summed E-state index contributed by atoms with van der Waals surface area (Å²) >= 11 is 0. The maximum Gasteiger partial charge on any atom is 0.235 e. The summed E-state index contributed by atoms with van der Waals surface area (Å²) in [5, 5.41) is 13.2. The highest BCUT2D eigenvalue weighted by atomic mass is 15.2. The fraction of sp³-hybridized carbons (Fsp3) is 0. The zero-order valence-electron chi connectivity index (χ0n) is 26.8. The van der Waals surface area contributed by atoms with Gasteiger partial charge in [-0.25, -0.2) is 9.97 Å². The van der Waals surface area contributed by atoms with Crippen molar-refractivity contribution in [2.24, 2.45) is 0 Å². The Balaban J connectivity index is 1.37. The molecule has 0 aliphatic rings. The molecule has 12 rings (SSSR count). The minimum Gasteiger partial charge on any atom is -0.307 e. The molecule has 0 radical (unpaired) electrons. The Morgan fingerprint density at radius 2 is 1.04 bits per heavy atom. The molecule has 0 bridgehead atoms. The number of fused-ring (bicyclic) bond motifs is 10. The van der Waals surface area contributed by atoms with Gasteiger partial charge in [0.25, 0.3) is 0 Å². The zero-order chi connectivity index (χ0) is 32.5. The second-order valence-electron chi connectivity index (χ2n) is 13.4. The van der Waals surface area contributed by atoms with Crippen LogP contribution in [0.2, 0.25) is 0 Å². The van der Waals surface area contributed by atoms with E-state index >= 15 is 0 Å². The van der Waals surface area contributed by atoms with Crippen molar-refractivity contribution in [2.75, 3.05) is 0 Å². The summed E-state index contributed by atoms with van der Waals surface area (Å²) in [5.74, 6) is 0.669. The summed E-state index contributed by atoms with van der Waals surface area (Å²) in [4.78, 5) is 11.0. The second-order valence-corrected chi connectivity index (χ2v) is 13.4. The highest BCUT2D eigenvalue weighted by Gasteiger charge is 2.25. The van der Waals surface area contributed by atoms with Crippen molar-refractivity contribution in [3.05, 3.63) is 158 Å². The van der Waals surface area contributed by atoms with E-state index in [0.29, 0.717) is 5.95 Å². The van der Waals surface area contributed by atoms with E-state index in [2.05, 4.69) is 167 Å². The number of rotatable bonds is 2. The van der Waals surface area contributed by atoms with Gasteiger partial charge < -0.3 is 4.40 Å². The minimum atomic E-state index is 0.669. The van der Waals surface area contributed by atoms with E-state index in [1.165, 1.54) is 59.6 Å². The predicted octanol–water partition coefficient (Wildman–Crippen LogP) is 11.9. The molecule has 50 heavy (non-hydrogen) atoms. The molecular weight excluding hydrogens is 609 g/mol. The molecule has 4 heterocycles. The first kappa shape index (κ1) is 26.2. The van der Waals surface area contributed by atoms with Gasteiger partial charge in [-0.1, -0.05) is 133 Å². The van der Waals surface area contributed by atoms with Crippen LogP contribution in [0.15, 0.2) is 158 Å². The van der Waals surface area contributed by atoms with Crippen LogP contribution in [-0.2, 0) is 0 Å². The number of hydrogen-bond acceptors (Lipinski definition) is 2. The van der Waals surface area contributed by atoms with Gasteiger partial charge in [-0.15, -0.1) is 0 Å². The van der Waals surface area contributed by atoms with Crippen molar-refractivity contribution in [3.63, 3.8) is 0 Å². The predicted molar refractivity (Wildman–Crippen MR) is 209 cm³/mol. The van der Waals surface area contributed by atoms with Crippen LogP contribution in [0.5, 0.6) is 0 Å². The van der Waals surface area contributed by atoms with Gasteiger partial charge in [0.05, 0.1) is 38.8 Å². The monoisotopic (exact) mass is 634 g/mol. The summed E-state index contributed by atoms with van der Waals surface area (Å²) in [6.45, 7) is 0. The van der Waals surface area contributed by atoms with Gasteiger partial charge in [0, 0.05) is 48.7 Å². The molecule has 0 amide bonds. The molecule has 0 aliphatic heterocycles. The van der Waals surface area contributed by atoms with Crippen molar-refractivity contribution in [1.29, 1.82) is 0 Å². The topological polar surface area (TPSA) is 35.1 Å². The molecule has 12 aromatic rings. The van der Waals surface area contributed by atoms with Crippen LogP contribution in [0.4, 0.5) is 0 Å². The lowest BCUT2D eigenvalue weighted by Crippen LogP contribution is -2.04. The Morgan fingerprint density at radius 3 is 1.92 bits per heavy atom. The number of benzene rings is 8. The first-order chi connectivity index (χ1) is 24.8. The second kappa shape index (κ2) is 9.43. The van der Waals surface area contributed by atoms with Gasteiger partial charge in [-0.2, -0.15) is 0 Å². The SMILES string of the molecule is c1ccc(-c2nc(-n3c4cccc5c6cccc7c8ccccc8n(c67)c6c7ccccc7cc3c6c54)nc3c2ccc2ccccc23)cc1. The summed E-state index contributed by atoms with van der Waals surface area (Å²) in [7, 11) is 0. The van der Waals surface area contributed by atoms with Crippen LogP contribution in [0.3, 0.4) is 0 Å². The Labute approximate surface area is 285 Å². The molecule has 0 saturated heterocycles. The average molecular weight is 635 g/mol. The molecule has 0 N–H and O–H groups in total. The molecule has 8 aromatic carbocycles. The highest BCUT2D eigenvalue weighted by molar-refractivity contribution is 6.34. The quantitative estimate of drug-likeness (QED) is 0.177. The maximum atomic E-state index is 5.48. The van der Waals surface area contributed by atoms with Gasteiger partial charge in [-0.3, -0.25) is 4.57 Å². The molecule has 4 heteroatoms. The van der Waals surface area contributed by atoms with Crippen LogP contribution in [0.1, 0.15) is 0 Å². The Hall–Kier alpha value is -6.78. The van der Waals surface area contributed by atoms with E-state index in [0.717, 1.165) is 44.0 Å². The van der Waals surface area contributed by atoms with Crippen molar-refractivity contribution >= 4 is 92.3 Å². The van der Waals surface area contributed by atoms with Gasteiger partial charge in [0.2, 0.25) is 5.95 Å². The van der Waals surface area contributed by atoms with Crippen molar-refractivity contribution in [3.8, 4) is 17.2 Å². The molecule has 4 aromatic heterocycles. The lowest BCUT2D eigenvalue weighted by atomic mass is 10.0. The van der Waals surface area contributed by atoms with Crippen LogP contribution in [-0.4, -0.2) is 18.9 Å². The van der Waals surface area contributed by atoms with Gasteiger partial charge >= 0.3 is 0 Å². The maximum absolute atomic E-state index is 5.48. The van der Waals surface area contributed by atoms with Crippen LogP contribution in [0, 0.1) is 0 Å². The van der Waals surface area contributed by atoms with Crippen molar-refractivity contribution < 1.29 is 0 Å². The molecule has 0 aliphatic carbocycles. The zero-order valence-corrected chi connectivity index (χ0v) is 26.8. The minimum absolute atomic E-state index is 0.669. The standard InChI is InChI=1S/C46H26N4/c1-2-13-28(14-3-1)42-36-25-24-27-12-4-6-16-30(27)43(36)48-46(47-42)49-38-23-11-19-33-35-21-10-20-34-32-18-8-9-22-37(32)50(44(34)35)45-31-17-7-5-15-29(31)26-39(49)41(45)40(33)38/h1-26H. The van der Waals surface area contributed by atoms with Crippen molar-refractivity contribution in [1.82, 2.24) is 18.9 Å². The number of para-hydroxylation sites is 2. The molecule has 0 fully saturated rings. The first-order valence-corrected chi connectivity index (χ1v) is 17.1. The summed E-state index contributed by atoms with van der Waals surface area (Å²) in [5.41, 5.74) is 8.81. The molecule has 0 saturated carbocycles. The lowest BCUT2D eigenvalue weighted by molar-refractivity contribution is 1.02. The number of aromatic nitrogens is 4. The average Bonchev–Trinajstić information content (AvgIpc) is 3.65. The van der Waals surface area contributed by atoms with E-state index in [1.54, 1.807) is 0 Å². The smallest absolute Gasteiger partial charge is 0.235 e. The summed E-state index contributed by atoms with van der Waals surface area (Å²) < 4.78 is 4.84. The number of hydrogen-bond donors (Lipinski definition) is 0. The fourth-order valence-corrected chi connectivity index (χ4v) is 8.76. The van der Waals surface area contributed by atoms with Gasteiger partial charge in [0.15, 0.2) is 0 Å². The van der Waals surface area contributed by atoms with E-state index in [-0.39, 0.29) is 0 Å². The molecule has 4 nitrogen and oxygen atoms in total. The van der Waals surface area contributed by atoms with Crippen LogP contribution >= 0.6 is 0 Å².